The van der Waals surface area contributed by atoms with E-state index in [2.05, 4.69) is 14.8 Å². The molecule has 0 spiro atoms. The molecule has 5 nitrogen and oxygen atoms in total. The SMILES string of the molecule is CCOC(=O)C(NC)C(=O)OCC.Cl. The first-order valence-electron chi connectivity index (χ1n) is 4.17. The van der Waals surface area contributed by atoms with Crippen LogP contribution < -0.4 is 5.32 Å². The maximum Gasteiger partial charge on any atom is 0.334 e. The van der Waals surface area contributed by atoms with Crippen molar-refractivity contribution in [3.63, 3.8) is 0 Å². The van der Waals surface area contributed by atoms with Crippen molar-refractivity contribution in [2.45, 2.75) is 19.9 Å². The van der Waals surface area contributed by atoms with Crippen LogP contribution in [0.4, 0.5) is 0 Å². The van der Waals surface area contributed by atoms with Crippen LogP contribution in [0.3, 0.4) is 0 Å². The maximum atomic E-state index is 11.1. The van der Waals surface area contributed by atoms with Gasteiger partial charge in [0.1, 0.15) is 0 Å². The monoisotopic (exact) mass is 225 g/mol. The summed E-state index contributed by atoms with van der Waals surface area (Å²) < 4.78 is 9.32. The third kappa shape index (κ3) is 5.04. The molecule has 0 radical (unpaired) electrons. The van der Waals surface area contributed by atoms with Crippen LogP contribution in [0.1, 0.15) is 13.8 Å². The van der Waals surface area contributed by atoms with Gasteiger partial charge in [0.05, 0.1) is 13.2 Å². The molecule has 0 aliphatic heterocycles. The van der Waals surface area contributed by atoms with Gasteiger partial charge < -0.3 is 9.47 Å². The first-order valence-corrected chi connectivity index (χ1v) is 4.17. The summed E-state index contributed by atoms with van der Waals surface area (Å²) in [5.74, 6) is -1.22. The van der Waals surface area contributed by atoms with Gasteiger partial charge >= 0.3 is 11.9 Å². The second-order valence-corrected chi connectivity index (χ2v) is 2.23. The van der Waals surface area contributed by atoms with Gasteiger partial charge in [-0.2, -0.15) is 0 Å². The number of hydrogen-bond acceptors (Lipinski definition) is 5. The Bertz CT molecular complexity index is 168. The zero-order valence-electron chi connectivity index (χ0n) is 8.53. The third-order valence-electron chi connectivity index (χ3n) is 1.33. The van der Waals surface area contributed by atoms with E-state index in [9.17, 15) is 9.59 Å². The van der Waals surface area contributed by atoms with Crippen molar-refractivity contribution < 1.29 is 19.1 Å². The number of carbonyl (C=O) groups is 2. The van der Waals surface area contributed by atoms with E-state index < -0.39 is 18.0 Å². The van der Waals surface area contributed by atoms with E-state index >= 15 is 0 Å². The van der Waals surface area contributed by atoms with Crippen LogP contribution in [-0.4, -0.2) is 38.2 Å². The molecule has 0 fully saturated rings. The van der Waals surface area contributed by atoms with Crippen molar-refractivity contribution in [2.24, 2.45) is 0 Å². The van der Waals surface area contributed by atoms with Gasteiger partial charge in [0.2, 0.25) is 6.04 Å². The third-order valence-corrected chi connectivity index (χ3v) is 1.33. The van der Waals surface area contributed by atoms with Gasteiger partial charge in [0.15, 0.2) is 0 Å². The lowest BCUT2D eigenvalue weighted by atomic mass is 10.3. The number of carbonyl (C=O) groups excluding carboxylic acids is 2. The number of nitrogens with one attached hydrogen (secondary N) is 1. The number of rotatable bonds is 5. The summed E-state index contributed by atoms with van der Waals surface area (Å²) in [7, 11) is 1.50. The van der Waals surface area contributed by atoms with E-state index in [1.165, 1.54) is 7.05 Å². The molecule has 0 atom stereocenters. The van der Waals surface area contributed by atoms with E-state index in [4.69, 9.17) is 0 Å². The number of ether oxygens (including phenoxy) is 2. The van der Waals surface area contributed by atoms with Crippen molar-refractivity contribution in [2.75, 3.05) is 20.3 Å². The first-order chi connectivity index (χ1) is 6.17. The summed E-state index contributed by atoms with van der Waals surface area (Å²) in [6.07, 6.45) is 0. The highest BCUT2D eigenvalue weighted by Crippen LogP contribution is 1.92. The lowest BCUT2D eigenvalue weighted by Crippen LogP contribution is -2.43. The highest BCUT2D eigenvalue weighted by atomic mass is 35.5. The highest BCUT2D eigenvalue weighted by molar-refractivity contribution is 5.99. The van der Waals surface area contributed by atoms with Crippen LogP contribution in [0.2, 0.25) is 0 Å². The topological polar surface area (TPSA) is 64.6 Å². The molecule has 0 saturated carbocycles. The van der Waals surface area contributed by atoms with Gasteiger partial charge in [-0.15, -0.1) is 12.4 Å². The first kappa shape index (κ1) is 15.7. The zero-order valence-corrected chi connectivity index (χ0v) is 9.35. The van der Waals surface area contributed by atoms with Crippen molar-refractivity contribution in [1.29, 1.82) is 0 Å². The molecule has 0 aliphatic carbocycles. The van der Waals surface area contributed by atoms with E-state index in [1.807, 2.05) is 0 Å². The molecular weight excluding hydrogens is 210 g/mol. The fraction of sp³-hybridized carbons (Fsp3) is 0.750. The van der Waals surface area contributed by atoms with Crippen molar-refractivity contribution in [3.8, 4) is 0 Å². The van der Waals surface area contributed by atoms with E-state index in [-0.39, 0.29) is 25.6 Å². The van der Waals surface area contributed by atoms with Crippen LogP contribution >= 0.6 is 12.4 Å². The average molecular weight is 226 g/mol. The molecule has 0 amide bonds. The molecule has 0 bridgehead atoms. The van der Waals surface area contributed by atoms with Crippen LogP contribution in [-0.2, 0) is 19.1 Å². The number of halogens is 1. The second-order valence-electron chi connectivity index (χ2n) is 2.23. The molecule has 0 heterocycles. The fourth-order valence-electron chi connectivity index (χ4n) is 0.783. The molecule has 84 valence electrons. The predicted molar refractivity (Wildman–Crippen MR) is 53.4 cm³/mol. The Labute approximate surface area is 89.5 Å². The van der Waals surface area contributed by atoms with Crippen molar-refractivity contribution in [1.82, 2.24) is 5.32 Å². The fourth-order valence-corrected chi connectivity index (χ4v) is 0.783. The Kier molecular flexibility index (Phi) is 9.81. The van der Waals surface area contributed by atoms with Crippen molar-refractivity contribution >= 4 is 24.3 Å². The summed E-state index contributed by atoms with van der Waals surface area (Å²) in [6, 6.07) is -1.01. The standard InChI is InChI=1S/C8H15NO4.ClH/c1-4-12-7(10)6(9-3)8(11)13-5-2;/h6,9H,4-5H2,1-3H3;1H. The van der Waals surface area contributed by atoms with Gasteiger partial charge in [-0.3, -0.25) is 5.32 Å². The predicted octanol–water partition coefficient (Wildman–Crippen LogP) is 0.122. The molecule has 1 N–H and O–H groups in total. The smallest absolute Gasteiger partial charge is 0.334 e. The van der Waals surface area contributed by atoms with Gasteiger partial charge in [0, 0.05) is 0 Å². The Morgan fingerprint density at radius 2 is 1.50 bits per heavy atom. The molecule has 0 aliphatic rings. The van der Waals surface area contributed by atoms with Crippen LogP contribution in [0.25, 0.3) is 0 Å². The lowest BCUT2D eigenvalue weighted by molar-refractivity contribution is -0.157. The minimum Gasteiger partial charge on any atom is -0.464 e. The summed E-state index contributed by atoms with van der Waals surface area (Å²) in [5, 5.41) is 2.52. The average Bonchev–Trinajstić information content (AvgIpc) is 2.06. The highest BCUT2D eigenvalue weighted by Gasteiger charge is 2.27. The molecule has 0 rings (SSSR count). The normalized spacial score (nSPS) is 9.14. The number of esters is 2. The van der Waals surface area contributed by atoms with Gasteiger partial charge in [-0.1, -0.05) is 0 Å². The molecular formula is C8H16ClNO4. The Hall–Kier alpha value is -0.810. The quantitative estimate of drug-likeness (QED) is 0.532. The molecule has 0 aromatic rings. The number of hydrogen-bond donors (Lipinski definition) is 1. The molecule has 0 aromatic carbocycles. The summed E-state index contributed by atoms with van der Waals surface area (Å²) >= 11 is 0. The van der Waals surface area contributed by atoms with Gasteiger partial charge in [0.25, 0.3) is 0 Å². The molecule has 6 heteroatoms. The summed E-state index contributed by atoms with van der Waals surface area (Å²) in [6.45, 7) is 3.85. The summed E-state index contributed by atoms with van der Waals surface area (Å²) in [4.78, 5) is 22.2. The zero-order chi connectivity index (χ0) is 10.3. The van der Waals surface area contributed by atoms with Gasteiger partial charge in [-0.05, 0) is 20.9 Å². The Morgan fingerprint density at radius 3 is 1.71 bits per heavy atom. The molecule has 0 unspecified atom stereocenters. The maximum absolute atomic E-state index is 11.1. The lowest BCUT2D eigenvalue weighted by Gasteiger charge is -2.12. The minimum atomic E-state index is -1.01. The largest absolute Gasteiger partial charge is 0.464 e. The van der Waals surface area contributed by atoms with E-state index in [0.29, 0.717) is 0 Å². The molecule has 0 saturated heterocycles. The minimum absolute atomic E-state index is 0. The summed E-state index contributed by atoms with van der Waals surface area (Å²) in [5.41, 5.74) is 0. The Balaban J connectivity index is 0. The Morgan fingerprint density at radius 1 is 1.14 bits per heavy atom. The second kappa shape index (κ2) is 8.77. The van der Waals surface area contributed by atoms with Gasteiger partial charge in [-0.25, -0.2) is 9.59 Å². The number of likely N-dealkylation sites (N-methyl/N-ethyl adjacent to an activating group) is 1. The van der Waals surface area contributed by atoms with Crippen LogP contribution in [0.5, 0.6) is 0 Å². The molecule has 14 heavy (non-hydrogen) atoms. The molecule has 0 aromatic heterocycles. The van der Waals surface area contributed by atoms with E-state index in [0.717, 1.165) is 0 Å². The van der Waals surface area contributed by atoms with Crippen LogP contribution in [0, 0.1) is 0 Å². The van der Waals surface area contributed by atoms with Crippen LogP contribution in [0.15, 0.2) is 0 Å². The van der Waals surface area contributed by atoms with E-state index in [1.54, 1.807) is 13.8 Å². The van der Waals surface area contributed by atoms with Crippen molar-refractivity contribution in [3.05, 3.63) is 0 Å².